The van der Waals surface area contributed by atoms with Crippen LogP contribution in [0.1, 0.15) is 11.1 Å². The standard InChI is InChI=1S/C21H25N3O2S/c1-17-6-2-5-9-21(17)27(25,26)24-14-12-23(13-15-24)11-10-18-16-22-20-8-4-3-7-19(18)20/h2-9,16,22H,10-15H2,1H3. The normalized spacial score (nSPS) is 16.8. The fourth-order valence-corrected chi connectivity index (χ4v) is 5.44. The van der Waals surface area contributed by atoms with Gasteiger partial charge in [0.15, 0.2) is 0 Å². The molecule has 0 atom stereocenters. The molecule has 0 spiro atoms. The van der Waals surface area contributed by atoms with E-state index in [2.05, 4.69) is 34.3 Å². The van der Waals surface area contributed by atoms with Crippen molar-refractivity contribution in [3.8, 4) is 0 Å². The summed E-state index contributed by atoms with van der Waals surface area (Å²) in [6.45, 7) is 5.43. The minimum atomic E-state index is -3.40. The number of para-hydroxylation sites is 1. The Morgan fingerprint density at radius 3 is 2.44 bits per heavy atom. The van der Waals surface area contributed by atoms with E-state index in [1.165, 1.54) is 16.5 Å². The van der Waals surface area contributed by atoms with E-state index < -0.39 is 10.0 Å². The highest BCUT2D eigenvalue weighted by Gasteiger charge is 2.29. The van der Waals surface area contributed by atoms with Crippen LogP contribution in [0.2, 0.25) is 0 Å². The molecular weight excluding hydrogens is 358 g/mol. The van der Waals surface area contributed by atoms with Gasteiger partial charge in [0.25, 0.3) is 0 Å². The molecule has 1 aliphatic heterocycles. The number of piperazine rings is 1. The van der Waals surface area contributed by atoms with Crippen LogP contribution in [0.3, 0.4) is 0 Å². The van der Waals surface area contributed by atoms with E-state index in [0.29, 0.717) is 18.0 Å². The first kappa shape index (κ1) is 18.2. The molecule has 0 amide bonds. The number of fused-ring (bicyclic) bond motifs is 1. The zero-order chi connectivity index (χ0) is 18.9. The molecule has 3 aromatic rings. The lowest BCUT2D eigenvalue weighted by Gasteiger charge is -2.34. The Balaban J connectivity index is 1.37. The third-order valence-corrected chi connectivity index (χ3v) is 7.47. The minimum absolute atomic E-state index is 0.428. The molecule has 1 saturated heterocycles. The number of hydrogen-bond acceptors (Lipinski definition) is 3. The van der Waals surface area contributed by atoms with E-state index in [1.54, 1.807) is 16.4 Å². The molecule has 1 aromatic heterocycles. The van der Waals surface area contributed by atoms with Gasteiger partial charge in [-0.3, -0.25) is 0 Å². The van der Waals surface area contributed by atoms with Crippen LogP contribution in [-0.2, 0) is 16.4 Å². The number of aromatic nitrogens is 1. The number of nitrogens with one attached hydrogen (secondary N) is 1. The van der Waals surface area contributed by atoms with E-state index in [-0.39, 0.29) is 0 Å². The van der Waals surface area contributed by atoms with Crippen molar-refractivity contribution < 1.29 is 8.42 Å². The molecule has 0 radical (unpaired) electrons. The van der Waals surface area contributed by atoms with Gasteiger partial charge < -0.3 is 9.88 Å². The second-order valence-corrected chi connectivity index (χ2v) is 9.03. The van der Waals surface area contributed by atoms with Crippen molar-refractivity contribution in [3.05, 3.63) is 65.9 Å². The number of hydrogen-bond donors (Lipinski definition) is 1. The van der Waals surface area contributed by atoms with Gasteiger partial charge in [-0.15, -0.1) is 0 Å². The summed E-state index contributed by atoms with van der Waals surface area (Å²) in [4.78, 5) is 6.10. The van der Waals surface area contributed by atoms with Crippen LogP contribution in [-0.4, -0.2) is 55.3 Å². The van der Waals surface area contributed by atoms with Gasteiger partial charge in [0, 0.05) is 49.8 Å². The van der Waals surface area contributed by atoms with Crippen LogP contribution < -0.4 is 0 Å². The van der Waals surface area contributed by atoms with Crippen LogP contribution in [0, 0.1) is 6.92 Å². The lowest BCUT2D eigenvalue weighted by atomic mass is 10.1. The molecule has 0 unspecified atom stereocenters. The first-order valence-corrected chi connectivity index (χ1v) is 10.8. The number of rotatable bonds is 5. The maximum atomic E-state index is 12.9. The van der Waals surface area contributed by atoms with Crippen molar-refractivity contribution >= 4 is 20.9 Å². The topological polar surface area (TPSA) is 56.4 Å². The highest BCUT2D eigenvalue weighted by Crippen LogP contribution is 2.22. The molecule has 142 valence electrons. The third-order valence-electron chi connectivity index (χ3n) is 5.41. The molecule has 0 bridgehead atoms. The van der Waals surface area contributed by atoms with Gasteiger partial charge in [-0.05, 0) is 36.6 Å². The summed E-state index contributed by atoms with van der Waals surface area (Å²) in [5, 5.41) is 1.28. The number of sulfonamides is 1. The highest BCUT2D eigenvalue weighted by molar-refractivity contribution is 7.89. The molecule has 4 rings (SSSR count). The summed E-state index contributed by atoms with van der Waals surface area (Å²) >= 11 is 0. The third kappa shape index (κ3) is 3.65. The van der Waals surface area contributed by atoms with Crippen molar-refractivity contribution in [3.63, 3.8) is 0 Å². The summed E-state index contributed by atoms with van der Waals surface area (Å²) in [6.07, 6.45) is 3.05. The Morgan fingerprint density at radius 1 is 0.963 bits per heavy atom. The quantitative estimate of drug-likeness (QED) is 0.737. The van der Waals surface area contributed by atoms with Gasteiger partial charge in [0.05, 0.1) is 4.90 Å². The summed E-state index contributed by atoms with van der Waals surface area (Å²) in [5.74, 6) is 0. The first-order chi connectivity index (χ1) is 13.1. The highest BCUT2D eigenvalue weighted by atomic mass is 32.2. The molecule has 0 saturated carbocycles. The summed E-state index contributed by atoms with van der Waals surface area (Å²) in [5.41, 5.74) is 3.29. The van der Waals surface area contributed by atoms with Gasteiger partial charge in [-0.1, -0.05) is 36.4 Å². The van der Waals surface area contributed by atoms with Crippen LogP contribution >= 0.6 is 0 Å². The Bertz CT molecular complexity index is 1030. The molecule has 1 N–H and O–H groups in total. The average Bonchev–Trinajstić information content (AvgIpc) is 3.10. The maximum Gasteiger partial charge on any atom is 0.243 e. The number of nitrogens with zero attached hydrogens (tertiary/aromatic N) is 2. The van der Waals surface area contributed by atoms with Crippen molar-refractivity contribution in [2.45, 2.75) is 18.2 Å². The largest absolute Gasteiger partial charge is 0.361 e. The monoisotopic (exact) mass is 383 g/mol. The Labute approximate surface area is 160 Å². The predicted molar refractivity (Wildman–Crippen MR) is 108 cm³/mol. The van der Waals surface area contributed by atoms with Gasteiger partial charge in [0.2, 0.25) is 10.0 Å². The van der Waals surface area contributed by atoms with Gasteiger partial charge in [-0.2, -0.15) is 4.31 Å². The van der Waals surface area contributed by atoms with Crippen molar-refractivity contribution in [2.24, 2.45) is 0 Å². The lowest BCUT2D eigenvalue weighted by molar-refractivity contribution is 0.190. The Kier molecular flexibility index (Phi) is 5.04. The molecule has 1 fully saturated rings. The van der Waals surface area contributed by atoms with E-state index in [9.17, 15) is 8.42 Å². The maximum absolute atomic E-state index is 12.9. The van der Waals surface area contributed by atoms with E-state index >= 15 is 0 Å². The fraction of sp³-hybridized carbons (Fsp3) is 0.333. The zero-order valence-corrected chi connectivity index (χ0v) is 16.4. The molecule has 27 heavy (non-hydrogen) atoms. The van der Waals surface area contributed by atoms with Crippen LogP contribution in [0.15, 0.2) is 59.6 Å². The first-order valence-electron chi connectivity index (χ1n) is 9.39. The molecule has 0 aliphatic carbocycles. The number of aryl methyl sites for hydroxylation is 1. The molecule has 1 aliphatic rings. The summed E-state index contributed by atoms with van der Waals surface area (Å²) in [7, 11) is -3.40. The predicted octanol–water partition coefficient (Wildman–Crippen LogP) is 3.03. The average molecular weight is 384 g/mol. The van der Waals surface area contributed by atoms with E-state index in [0.717, 1.165) is 31.6 Å². The summed E-state index contributed by atoms with van der Waals surface area (Å²) in [6, 6.07) is 15.6. The second kappa shape index (κ2) is 7.46. The van der Waals surface area contributed by atoms with Gasteiger partial charge in [0.1, 0.15) is 0 Å². The van der Waals surface area contributed by atoms with Crippen molar-refractivity contribution in [1.82, 2.24) is 14.2 Å². The van der Waals surface area contributed by atoms with Gasteiger partial charge >= 0.3 is 0 Å². The van der Waals surface area contributed by atoms with Crippen LogP contribution in [0.25, 0.3) is 10.9 Å². The molecule has 2 heterocycles. The summed E-state index contributed by atoms with van der Waals surface area (Å²) < 4.78 is 27.4. The van der Waals surface area contributed by atoms with Crippen LogP contribution in [0.5, 0.6) is 0 Å². The lowest BCUT2D eigenvalue weighted by Crippen LogP contribution is -2.49. The SMILES string of the molecule is Cc1ccccc1S(=O)(=O)N1CCN(CCc2c[nH]c3ccccc23)CC1. The van der Waals surface area contributed by atoms with E-state index in [4.69, 9.17) is 0 Å². The Morgan fingerprint density at radius 2 is 1.67 bits per heavy atom. The fourth-order valence-electron chi connectivity index (χ4n) is 3.80. The molecule has 2 aromatic carbocycles. The number of H-pyrrole nitrogens is 1. The zero-order valence-electron chi connectivity index (χ0n) is 15.6. The van der Waals surface area contributed by atoms with Gasteiger partial charge in [-0.25, -0.2) is 8.42 Å². The van der Waals surface area contributed by atoms with Crippen LogP contribution in [0.4, 0.5) is 0 Å². The second-order valence-electron chi connectivity index (χ2n) is 7.12. The van der Waals surface area contributed by atoms with Crippen molar-refractivity contribution in [2.75, 3.05) is 32.7 Å². The number of benzene rings is 2. The minimum Gasteiger partial charge on any atom is -0.361 e. The van der Waals surface area contributed by atoms with Crippen molar-refractivity contribution in [1.29, 1.82) is 0 Å². The molecule has 5 nitrogen and oxygen atoms in total. The Hall–Kier alpha value is -2.15. The number of aromatic amines is 1. The smallest absolute Gasteiger partial charge is 0.243 e. The molecular formula is C21H25N3O2S. The molecule has 6 heteroatoms. The van der Waals surface area contributed by atoms with E-state index in [1.807, 2.05) is 25.1 Å².